The number of imide groups is 1. The third-order valence-electron chi connectivity index (χ3n) is 6.25. The van der Waals surface area contributed by atoms with E-state index in [2.05, 4.69) is 10.3 Å². The van der Waals surface area contributed by atoms with Gasteiger partial charge in [0, 0.05) is 36.4 Å². The minimum absolute atomic E-state index is 0.0671. The number of aromatic nitrogens is 2. The van der Waals surface area contributed by atoms with Gasteiger partial charge in [0.15, 0.2) is 0 Å². The van der Waals surface area contributed by atoms with Gasteiger partial charge >= 0.3 is 0 Å². The highest BCUT2D eigenvalue weighted by molar-refractivity contribution is 7.18. The molecule has 1 aromatic carbocycles. The second-order valence-electron chi connectivity index (χ2n) is 8.50. The molecular formula is C24H24N4O4S. The average Bonchev–Trinajstić information content (AvgIpc) is 3.35. The van der Waals surface area contributed by atoms with Gasteiger partial charge in [-0.1, -0.05) is 12.1 Å². The Morgan fingerprint density at radius 2 is 1.73 bits per heavy atom. The van der Waals surface area contributed by atoms with Crippen LogP contribution in [0.25, 0.3) is 10.2 Å². The van der Waals surface area contributed by atoms with Crippen molar-refractivity contribution >= 4 is 45.0 Å². The number of rotatable bonds is 6. The summed E-state index contributed by atoms with van der Waals surface area (Å²) in [5, 5.41) is 3.56. The molecule has 3 heterocycles. The molecule has 1 saturated heterocycles. The van der Waals surface area contributed by atoms with Crippen LogP contribution < -0.4 is 10.9 Å². The molecule has 9 heteroatoms. The van der Waals surface area contributed by atoms with E-state index >= 15 is 0 Å². The number of fused-ring (bicyclic) bond motifs is 3. The highest BCUT2D eigenvalue weighted by Gasteiger charge is 2.28. The number of benzene rings is 1. The van der Waals surface area contributed by atoms with E-state index in [4.69, 9.17) is 0 Å². The lowest BCUT2D eigenvalue weighted by Gasteiger charge is -2.14. The summed E-state index contributed by atoms with van der Waals surface area (Å²) in [6, 6.07) is 7.07. The second-order valence-corrected chi connectivity index (χ2v) is 9.59. The first-order valence-corrected chi connectivity index (χ1v) is 12.0. The number of hydrogen-bond donors (Lipinski definition) is 1. The number of thiophene rings is 1. The molecule has 0 saturated carbocycles. The Hall–Kier alpha value is -3.33. The number of hydrogen-bond acceptors (Lipinski definition) is 6. The van der Waals surface area contributed by atoms with Gasteiger partial charge in [0.1, 0.15) is 4.83 Å². The second kappa shape index (κ2) is 8.90. The molecule has 2 aromatic heterocycles. The Morgan fingerprint density at radius 1 is 1.00 bits per heavy atom. The number of nitrogens with zero attached hydrogens (tertiary/aromatic N) is 3. The molecule has 1 N–H and O–H groups in total. The predicted octanol–water partition coefficient (Wildman–Crippen LogP) is 3.01. The van der Waals surface area contributed by atoms with Crippen LogP contribution in [0.15, 0.2) is 35.4 Å². The number of aryl methyl sites for hydroxylation is 3. The fraction of sp³-hybridized carbons (Fsp3) is 0.375. The molecule has 0 radical (unpaired) electrons. The van der Waals surface area contributed by atoms with Crippen LogP contribution in [-0.4, -0.2) is 32.2 Å². The van der Waals surface area contributed by atoms with Crippen molar-refractivity contribution in [2.45, 2.75) is 58.0 Å². The summed E-state index contributed by atoms with van der Waals surface area (Å²) >= 11 is 1.62. The van der Waals surface area contributed by atoms with Crippen molar-refractivity contribution in [1.29, 1.82) is 0 Å². The zero-order valence-corrected chi connectivity index (χ0v) is 19.0. The monoisotopic (exact) mass is 464 g/mol. The van der Waals surface area contributed by atoms with Gasteiger partial charge in [-0.05, 0) is 48.9 Å². The largest absolute Gasteiger partial charge is 0.326 e. The molecule has 0 spiro atoms. The van der Waals surface area contributed by atoms with Crippen molar-refractivity contribution in [3.05, 3.63) is 57.0 Å². The van der Waals surface area contributed by atoms with E-state index in [-0.39, 0.29) is 55.6 Å². The van der Waals surface area contributed by atoms with Crippen LogP contribution in [0.1, 0.15) is 48.1 Å². The summed E-state index contributed by atoms with van der Waals surface area (Å²) in [6.07, 6.45) is 6.42. The van der Waals surface area contributed by atoms with E-state index in [1.807, 2.05) is 0 Å². The zero-order chi connectivity index (χ0) is 22.9. The minimum atomic E-state index is -0.202. The van der Waals surface area contributed by atoms with Gasteiger partial charge in [0.25, 0.3) is 5.56 Å². The SMILES string of the molecule is O=C(CCn1cnc2sc3c(c2c1=O)CCCC3)Nc1ccc(CN2C(=O)CCC2=O)cc1. The Bertz CT molecular complexity index is 1290. The van der Waals surface area contributed by atoms with Gasteiger partial charge in [-0.25, -0.2) is 4.98 Å². The first kappa shape index (κ1) is 21.5. The summed E-state index contributed by atoms with van der Waals surface area (Å²) < 4.78 is 1.52. The normalized spacial score (nSPS) is 15.8. The topological polar surface area (TPSA) is 101 Å². The third-order valence-corrected chi connectivity index (χ3v) is 7.45. The van der Waals surface area contributed by atoms with Crippen LogP contribution in [0.3, 0.4) is 0 Å². The summed E-state index contributed by atoms with van der Waals surface area (Å²) in [4.78, 5) is 56.8. The van der Waals surface area contributed by atoms with E-state index in [0.717, 1.165) is 47.0 Å². The van der Waals surface area contributed by atoms with Gasteiger partial charge in [-0.15, -0.1) is 11.3 Å². The van der Waals surface area contributed by atoms with Crippen LogP contribution in [0.5, 0.6) is 0 Å². The predicted molar refractivity (Wildman–Crippen MR) is 125 cm³/mol. The summed E-state index contributed by atoms with van der Waals surface area (Å²) in [7, 11) is 0. The van der Waals surface area contributed by atoms with Crippen molar-refractivity contribution < 1.29 is 14.4 Å². The van der Waals surface area contributed by atoms with Crippen LogP contribution in [0.4, 0.5) is 5.69 Å². The summed E-state index contributed by atoms with van der Waals surface area (Å²) in [5.41, 5.74) is 2.52. The number of carbonyl (C=O) groups is 3. The van der Waals surface area contributed by atoms with Crippen molar-refractivity contribution in [2.75, 3.05) is 5.32 Å². The number of nitrogens with one attached hydrogen (secondary N) is 1. The van der Waals surface area contributed by atoms with E-state index < -0.39 is 0 Å². The maximum atomic E-state index is 13.0. The molecule has 170 valence electrons. The van der Waals surface area contributed by atoms with Gasteiger partial charge in [-0.2, -0.15) is 0 Å². The highest BCUT2D eigenvalue weighted by atomic mass is 32.1. The molecule has 3 amide bonds. The van der Waals surface area contributed by atoms with Gasteiger partial charge in [-0.3, -0.25) is 28.6 Å². The zero-order valence-electron chi connectivity index (χ0n) is 18.1. The average molecular weight is 465 g/mol. The smallest absolute Gasteiger partial charge is 0.262 e. The van der Waals surface area contributed by atoms with Gasteiger partial charge in [0.2, 0.25) is 17.7 Å². The first-order valence-electron chi connectivity index (χ1n) is 11.2. The Balaban J connectivity index is 1.21. The lowest BCUT2D eigenvalue weighted by molar-refractivity contribution is -0.139. The van der Waals surface area contributed by atoms with Crippen molar-refractivity contribution in [3.8, 4) is 0 Å². The lowest BCUT2D eigenvalue weighted by atomic mass is 9.97. The molecule has 5 rings (SSSR count). The quantitative estimate of drug-likeness (QED) is 0.565. The van der Waals surface area contributed by atoms with Crippen LogP contribution in [-0.2, 0) is 40.3 Å². The van der Waals surface area contributed by atoms with Crippen LogP contribution >= 0.6 is 11.3 Å². The summed E-state index contributed by atoms with van der Waals surface area (Å²) in [5.74, 6) is -0.501. The highest BCUT2D eigenvalue weighted by Crippen LogP contribution is 2.33. The van der Waals surface area contributed by atoms with E-state index in [1.54, 1.807) is 35.6 Å². The number of amides is 3. The Kier molecular flexibility index (Phi) is 5.80. The van der Waals surface area contributed by atoms with Crippen molar-refractivity contribution in [1.82, 2.24) is 14.5 Å². The standard InChI is InChI=1S/C24H24N4O4S/c29-19(26-16-7-5-15(6-8-16)13-28-20(30)9-10-21(28)31)11-12-27-14-25-23-22(24(27)32)17-3-1-2-4-18(17)33-23/h5-8,14H,1-4,9-13H2,(H,26,29). The fourth-order valence-electron chi connectivity index (χ4n) is 4.46. The van der Waals surface area contributed by atoms with Crippen LogP contribution in [0.2, 0.25) is 0 Å². The summed E-state index contributed by atoms with van der Waals surface area (Å²) in [6.45, 7) is 0.506. The fourth-order valence-corrected chi connectivity index (χ4v) is 5.68. The Labute approximate surface area is 194 Å². The van der Waals surface area contributed by atoms with Crippen molar-refractivity contribution in [3.63, 3.8) is 0 Å². The Morgan fingerprint density at radius 3 is 2.48 bits per heavy atom. The van der Waals surface area contributed by atoms with E-state index in [1.165, 1.54) is 20.7 Å². The molecule has 0 atom stereocenters. The molecule has 1 aliphatic carbocycles. The van der Waals surface area contributed by atoms with E-state index in [9.17, 15) is 19.2 Å². The van der Waals surface area contributed by atoms with Crippen molar-refractivity contribution in [2.24, 2.45) is 0 Å². The molecule has 1 aliphatic heterocycles. The first-order chi connectivity index (χ1) is 16.0. The lowest BCUT2D eigenvalue weighted by Crippen LogP contribution is -2.28. The molecule has 3 aromatic rings. The van der Waals surface area contributed by atoms with Gasteiger partial charge < -0.3 is 5.32 Å². The van der Waals surface area contributed by atoms with E-state index in [0.29, 0.717) is 5.69 Å². The number of carbonyl (C=O) groups excluding carboxylic acids is 3. The van der Waals surface area contributed by atoms with Gasteiger partial charge in [0.05, 0.1) is 18.3 Å². The minimum Gasteiger partial charge on any atom is -0.326 e. The number of anilines is 1. The molecule has 1 fully saturated rings. The number of likely N-dealkylation sites (tertiary alicyclic amines) is 1. The third kappa shape index (κ3) is 4.32. The molecule has 2 aliphatic rings. The molecular weight excluding hydrogens is 440 g/mol. The molecule has 8 nitrogen and oxygen atoms in total. The van der Waals surface area contributed by atoms with Crippen LogP contribution in [0, 0.1) is 0 Å². The maximum Gasteiger partial charge on any atom is 0.262 e. The molecule has 33 heavy (non-hydrogen) atoms. The maximum absolute atomic E-state index is 13.0. The molecule has 0 unspecified atom stereocenters. The molecule has 0 bridgehead atoms.